The summed E-state index contributed by atoms with van der Waals surface area (Å²) in [6, 6.07) is 7.37. The van der Waals surface area contributed by atoms with E-state index in [9.17, 15) is 9.90 Å². The molecule has 0 atom stereocenters. The number of aromatic nitrogens is 1. The summed E-state index contributed by atoms with van der Waals surface area (Å²) in [5, 5.41) is 15.4. The summed E-state index contributed by atoms with van der Waals surface area (Å²) in [6.07, 6.45) is 9.25. The number of aliphatic hydroxyl groups is 1. The van der Waals surface area contributed by atoms with E-state index in [0.717, 1.165) is 21.6 Å². The largest absolute Gasteiger partial charge is 0.392 e. The topological polar surface area (TPSA) is 86.6 Å². The van der Waals surface area contributed by atoms with Gasteiger partial charge < -0.3 is 15.7 Å². The predicted molar refractivity (Wildman–Crippen MR) is 131 cm³/mol. The SMILES string of the molecule is C=C/C=C\C(=C/C)c1cc(N=C)c(SCNC(=O)NCC)c(-c2ncccc2CO)c1. The van der Waals surface area contributed by atoms with Crippen molar-refractivity contribution in [1.29, 1.82) is 0 Å². The Labute approximate surface area is 187 Å². The Balaban J connectivity index is 2.61. The number of aliphatic imine (C=N–C) groups is 1. The van der Waals surface area contributed by atoms with E-state index in [-0.39, 0.29) is 12.6 Å². The smallest absolute Gasteiger partial charge is 0.315 e. The second-order valence-corrected chi connectivity index (χ2v) is 7.35. The van der Waals surface area contributed by atoms with E-state index in [1.807, 2.05) is 50.3 Å². The highest BCUT2D eigenvalue weighted by atomic mass is 32.2. The van der Waals surface area contributed by atoms with E-state index >= 15 is 0 Å². The summed E-state index contributed by atoms with van der Waals surface area (Å²) in [7, 11) is 0. The molecule has 3 N–H and O–H groups in total. The van der Waals surface area contributed by atoms with Crippen LogP contribution in [0.2, 0.25) is 0 Å². The molecule has 0 aliphatic carbocycles. The second-order valence-electron chi connectivity index (χ2n) is 6.36. The van der Waals surface area contributed by atoms with E-state index in [4.69, 9.17) is 0 Å². The quantitative estimate of drug-likeness (QED) is 0.210. The van der Waals surface area contributed by atoms with E-state index in [1.165, 1.54) is 11.8 Å². The van der Waals surface area contributed by atoms with Crippen molar-refractivity contribution < 1.29 is 9.90 Å². The zero-order valence-electron chi connectivity index (χ0n) is 17.9. The van der Waals surface area contributed by atoms with Crippen LogP contribution in [0.1, 0.15) is 25.0 Å². The van der Waals surface area contributed by atoms with Gasteiger partial charge in [-0.2, -0.15) is 0 Å². The minimum Gasteiger partial charge on any atom is -0.392 e. The molecule has 2 aromatic rings. The summed E-state index contributed by atoms with van der Waals surface area (Å²) in [5.74, 6) is 0.342. The third-order valence-electron chi connectivity index (χ3n) is 4.40. The maximum atomic E-state index is 11.8. The Hall–Kier alpha value is -3.16. The Morgan fingerprint density at radius 3 is 2.81 bits per heavy atom. The highest BCUT2D eigenvalue weighted by Crippen LogP contribution is 2.41. The van der Waals surface area contributed by atoms with Gasteiger partial charge in [-0.1, -0.05) is 36.9 Å². The molecule has 0 saturated carbocycles. The van der Waals surface area contributed by atoms with Crippen LogP contribution < -0.4 is 10.6 Å². The molecule has 0 unspecified atom stereocenters. The number of rotatable bonds is 10. The molecule has 1 aromatic carbocycles. The summed E-state index contributed by atoms with van der Waals surface area (Å²) >= 11 is 1.43. The number of benzene rings is 1. The molecular weight excluding hydrogens is 408 g/mol. The van der Waals surface area contributed by atoms with Crippen LogP contribution in [0.4, 0.5) is 10.5 Å². The van der Waals surface area contributed by atoms with Gasteiger partial charge in [0.15, 0.2) is 0 Å². The number of allylic oxidation sites excluding steroid dienone is 5. The summed E-state index contributed by atoms with van der Waals surface area (Å²) in [4.78, 5) is 21.4. The van der Waals surface area contributed by atoms with Gasteiger partial charge in [0.05, 0.1) is 23.9 Å². The Morgan fingerprint density at radius 1 is 1.35 bits per heavy atom. The normalized spacial score (nSPS) is 11.4. The molecule has 1 heterocycles. The Bertz CT molecular complexity index is 999. The van der Waals surface area contributed by atoms with Gasteiger partial charge in [-0.15, -0.1) is 11.8 Å². The number of pyridine rings is 1. The Kier molecular flexibility index (Phi) is 9.74. The number of carbonyl (C=O) groups is 1. The van der Waals surface area contributed by atoms with Crippen LogP contribution in [-0.2, 0) is 6.61 Å². The number of nitrogens with zero attached hydrogens (tertiary/aromatic N) is 2. The van der Waals surface area contributed by atoms with Crippen molar-refractivity contribution in [2.24, 2.45) is 4.99 Å². The zero-order valence-corrected chi connectivity index (χ0v) is 18.7. The van der Waals surface area contributed by atoms with Crippen LogP contribution in [0.3, 0.4) is 0 Å². The van der Waals surface area contributed by atoms with Gasteiger partial charge in [0, 0.05) is 28.8 Å². The average Bonchev–Trinajstić information content (AvgIpc) is 2.79. The first kappa shape index (κ1) is 24.1. The molecule has 162 valence electrons. The van der Waals surface area contributed by atoms with E-state index in [1.54, 1.807) is 18.3 Å². The van der Waals surface area contributed by atoms with Gasteiger partial charge in [0.2, 0.25) is 0 Å². The molecule has 6 nitrogen and oxygen atoms in total. The lowest BCUT2D eigenvalue weighted by Crippen LogP contribution is -2.34. The molecule has 2 rings (SSSR count). The molecule has 0 spiro atoms. The van der Waals surface area contributed by atoms with E-state index in [2.05, 4.69) is 33.9 Å². The van der Waals surface area contributed by atoms with Gasteiger partial charge in [0.25, 0.3) is 0 Å². The molecule has 1 aromatic heterocycles. The molecule has 0 saturated heterocycles. The maximum Gasteiger partial charge on any atom is 0.315 e. The van der Waals surface area contributed by atoms with Gasteiger partial charge in [0.1, 0.15) is 0 Å². The average molecular weight is 437 g/mol. The lowest BCUT2D eigenvalue weighted by atomic mass is 9.97. The predicted octanol–water partition coefficient (Wildman–Crippen LogP) is 5.09. The van der Waals surface area contributed by atoms with Crippen LogP contribution in [0, 0.1) is 0 Å². The van der Waals surface area contributed by atoms with Gasteiger partial charge in [-0.05, 0) is 49.9 Å². The van der Waals surface area contributed by atoms with Crippen LogP contribution in [0.5, 0.6) is 0 Å². The molecule has 31 heavy (non-hydrogen) atoms. The highest BCUT2D eigenvalue weighted by Gasteiger charge is 2.17. The van der Waals surface area contributed by atoms with Gasteiger partial charge in [-0.3, -0.25) is 9.98 Å². The summed E-state index contributed by atoms with van der Waals surface area (Å²) in [6.45, 7) is 11.7. The summed E-state index contributed by atoms with van der Waals surface area (Å²) < 4.78 is 0. The first-order valence-corrected chi connectivity index (χ1v) is 10.9. The third-order valence-corrected chi connectivity index (χ3v) is 5.41. The number of carbonyl (C=O) groups excluding carboxylic acids is 1. The fourth-order valence-corrected chi connectivity index (χ4v) is 3.89. The fourth-order valence-electron chi connectivity index (χ4n) is 2.96. The molecule has 0 fully saturated rings. The lowest BCUT2D eigenvalue weighted by molar-refractivity contribution is 0.243. The van der Waals surface area contributed by atoms with Crippen molar-refractivity contribution >= 4 is 35.8 Å². The molecule has 7 heteroatoms. The van der Waals surface area contributed by atoms with E-state index < -0.39 is 0 Å². The molecular formula is C24H28N4O2S. The maximum absolute atomic E-state index is 11.8. The van der Waals surface area contributed by atoms with Crippen LogP contribution in [-0.4, -0.2) is 35.3 Å². The monoisotopic (exact) mass is 436 g/mol. The van der Waals surface area contributed by atoms with Crippen molar-refractivity contribution in [3.8, 4) is 11.3 Å². The molecule has 2 amide bonds. The standard InChI is InChI=1S/C24H28N4O2S/c1-5-8-10-17(6-2)19-13-20(22-18(15-29)11-9-12-27-22)23(21(14-19)25-4)31-16-28-24(30)26-7-3/h5-6,8-14,29H,1,4,7,15-16H2,2-3H3,(H2,26,28,30)/b10-8-,17-6+. The highest BCUT2D eigenvalue weighted by molar-refractivity contribution is 7.99. The lowest BCUT2D eigenvalue weighted by Gasteiger charge is -2.17. The first-order valence-electron chi connectivity index (χ1n) is 9.89. The van der Waals surface area contributed by atoms with Crippen molar-refractivity contribution in [2.45, 2.75) is 25.3 Å². The van der Waals surface area contributed by atoms with Crippen LogP contribution in [0.15, 0.2) is 71.2 Å². The fraction of sp³-hybridized carbons (Fsp3) is 0.208. The summed E-state index contributed by atoms with van der Waals surface area (Å²) in [5.41, 5.74) is 4.80. The number of amides is 2. The first-order chi connectivity index (χ1) is 15.1. The molecule has 0 aliphatic rings. The third kappa shape index (κ3) is 6.41. The van der Waals surface area contributed by atoms with E-state index in [0.29, 0.717) is 29.4 Å². The number of thioether (sulfide) groups is 1. The molecule has 0 radical (unpaired) electrons. The minimum absolute atomic E-state index is 0.141. The number of urea groups is 1. The van der Waals surface area contributed by atoms with Crippen LogP contribution in [0.25, 0.3) is 16.8 Å². The van der Waals surface area contributed by atoms with Gasteiger partial charge >= 0.3 is 6.03 Å². The van der Waals surface area contributed by atoms with Crippen LogP contribution >= 0.6 is 11.8 Å². The number of hydrogen-bond donors (Lipinski definition) is 3. The molecule has 0 bridgehead atoms. The van der Waals surface area contributed by atoms with Crippen molar-refractivity contribution in [1.82, 2.24) is 15.6 Å². The zero-order chi connectivity index (χ0) is 22.6. The number of hydrogen-bond acceptors (Lipinski definition) is 5. The Morgan fingerprint density at radius 2 is 2.16 bits per heavy atom. The number of nitrogens with one attached hydrogen (secondary N) is 2. The second kappa shape index (κ2) is 12.5. The van der Waals surface area contributed by atoms with Gasteiger partial charge in [-0.25, -0.2) is 4.79 Å². The molecule has 0 aliphatic heterocycles. The van der Waals surface area contributed by atoms with Crippen molar-refractivity contribution in [3.05, 3.63) is 72.5 Å². The minimum atomic E-state index is -0.235. The number of aliphatic hydroxyl groups excluding tert-OH is 1. The van der Waals surface area contributed by atoms with Crippen molar-refractivity contribution in [3.63, 3.8) is 0 Å². The van der Waals surface area contributed by atoms with Crippen molar-refractivity contribution in [2.75, 3.05) is 12.4 Å².